The molecule has 1 aliphatic heterocycles. The van der Waals surface area contributed by atoms with E-state index in [0.717, 1.165) is 11.1 Å². The Labute approximate surface area is 102 Å². The summed E-state index contributed by atoms with van der Waals surface area (Å²) in [6, 6.07) is -0.0956. The largest absolute Gasteiger partial charge is 0.299 e. The first kappa shape index (κ1) is 13.1. The van der Waals surface area contributed by atoms with Crippen LogP contribution in [-0.4, -0.2) is 36.2 Å². The molecule has 0 aliphatic carbocycles. The molecular weight excluding hydrogens is 212 g/mol. The normalized spacial score (nSPS) is 22.2. The quantitative estimate of drug-likeness (QED) is 0.744. The van der Waals surface area contributed by atoms with Crippen molar-refractivity contribution >= 4 is 18.1 Å². The minimum absolute atomic E-state index is 0.0956. The van der Waals surface area contributed by atoms with Gasteiger partial charge in [-0.1, -0.05) is 12.7 Å². The first-order valence-corrected chi connectivity index (χ1v) is 5.43. The van der Waals surface area contributed by atoms with Gasteiger partial charge in [0.1, 0.15) is 0 Å². The monoisotopic (exact) mass is 230 g/mol. The van der Waals surface area contributed by atoms with Gasteiger partial charge in [-0.3, -0.25) is 15.4 Å². The van der Waals surface area contributed by atoms with Gasteiger partial charge in [-0.05, 0) is 25.5 Å². The number of nitrogens with one attached hydrogen (secondary N) is 1. The van der Waals surface area contributed by atoms with Crippen molar-refractivity contribution in [2.45, 2.75) is 19.9 Å². The zero-order chi connectivity index (χ0) is 12.8. The van der Waals surface area contributed by atoms with Gasteiger partial charge in [-0.2, -0.15) is 5.10 Å². The Bertz CT molecular complexity index is 427. The second-order valence-electron chi connectivity index (χ2n) is 3.77. The van der Waals surface area contributed by atoms with Crippen molar-refractivity contribution in [3.63, 3.8) is 0 Å². The van der Waals surface area contributed by atoms with Gasteiger partial charge in [-0.25, -0.2) is 0 Å². The third-order valence-electron chi connectivity index (χ3n) is 2.48. The third kappa shape index (κ3) is 3.00. The average Bonchev–Trinajstić information content (AvgIpc) is 2.31. The van der Waals surface area contributed by atoms with Crippen LogP contribution in [0.3, 0.4) is 0 Å². The number of aliphatic imine (C=N–C) groups is 1. The predicted molar refractivity (Wildman–Crippen MR) is 74.0 cm³/mol. The molecule has 4 nitrogen and oxygen atoms in total. The third-order valence-corrected chi connectivity index (χ3v) is 2.48. The standard InChI is InChI=1S/C13H18N4/c1-5-8-17-13(10(2)6-7-15-4)11(3)12(14)9-16-17/h5-9,13-14H,3H2,1-2,4H3/b8-5-,10-6+,14-12?,15-7-. The molecule has 90 valence electrons. The molecule has 0 aromatic heterocycles. The highest BCUT2D eigenvalue weighted by Crippen LogP contribution is 2.22. The maximum atomic E-state index is 7.76. The van der Waals surface area contributed by atoms with E-state index in [9.17, 15) is 0 Å². The highest BCUT2D eigenvalue weighted by atomic mass is 15.5. The van der Waals surface area contributed by atoms with Gasteiger partial charge < -0.3 is 0 Å². The van der Waals surface area contributed by atoms with Gasteiger partial charge in [0.05, 0.1) is 18.0 Å². The van der Waals surface area contributed by atoms with Crippen molar-refractivity contribution in [3.05, 3.63) is 36.1 Å². The fraction of sp³-hybridized carbons (Fsp3) is 0.308. The highest BCUT2D eigenvalue weighted by molar-refractivity contribution is 6.37. The lowest BCUT2D eigenvalue weighted by Gasteiger charge is -2.31. The van der Waals surface area contributed by atoms with E-state index in [1.165, 1.54) is 6.21 Å². The molecule has 1 N–H and O–H groups in total. The second kappa shape index (κ2) is 5.94. The molecular formula is C13H18N4. The van der Waals surface area contributed by atoms with Gasteiger partial charge in [0.15, 0.2) is 0 Å². The van der Waals surface area contributed by atoms with Crippen LogP contribution in [0.1, 0.15) is 13.8 Å². The van der Waals surface area contributed by atoms with E-state index in [4.69, 9.17) is 5.41 Å². The lowest BCUT2D eigenvalue weighted by molar-refractivity contribution is 0.361. The van der Waals surface area contributed by atoms with Crippen LogP contribution in [0.2, 0.25) is 0 Å². The molecule has 0 aromatic rings. The molecule has 1 rings (SSSR count). The number of allylic oxidation sites excluding steroid dienone is 2. The number of hydrazone groups is 1. The van der Waals surface area contributed by atoms with Crippen molar-refractivity contribution in [1.82, 2.24) is 5.01 Å². The van der Waals surface area contributed by atoms with E-state index >= 15 is 0 Å². The maximum absolute atomic E-state index is 7.76. The number of nitrogens with zero attached hydrogens (tertiary/aromatic N) is 3. The molecule has 0 fully saturated rings. The number of hydrogen-bond donors (Lipinski definition) is 1. The topological polar surface area (TPSA) is 51.8 Å². The first-order chi connectivity index (χ1) is 8.11. The molecule has 0 amide bonds. The van der Waals surface area contributed by atoms with Crippen molar-refractivity contribution < 1.29 is 0 Å². The Balaban J connectivity index is 3.10. The Hall–Kier alpha value is -1.97. The average molecular weight is 230 g/mol. The van der Waals surface area contributed by atoms with Crippen LogP contribution in [0.15, 0.2) is 46.2 Å². The highest BCUT2D eigenvalue weighted by Gasteiger charge is 2.25. The molecule has 0 radical (unpaired) electrons. The molecule has 0 saturated heterocycles. The summed E-state index contributed by atoms with van der Waals surface area (Å²) in [5.74, 6) is 0. The first-order valence-electron chi connectivity index (χ1n) is 5.43. The Kier molecular flexibility index (Phi) is 4.57. The molecule has 1 atom stereocenters. The van der Waals surface area contributed by atoms with Crippen molar-refractivity contribution in [2.75, 3.05) is 7.05 Å². The minimum atomic E-state index is -0.0956. The van der Waals surface area contributed by atoms with E-state index in [1.54, 1.807) is 18.3 Å². The summed E-state index contributed by atoms with van der Waals surface area (Å²) in [7, 11) is 1.73. The molecule has 4 heteroatoms. The van der Waals surface area contributed by atoms with Crippen LogP contribution in [0.25, 0.3) is 0 Å². The van der Waals surface area contributed by atoms with Crippen molar-refractivity contribution in [1.29, 1.82) is 5.41 Å². The molecule has 17 heavy (non-hydrogen) atoms. The number of hydrogen-bond acceptors (Lipinski definition) is 4. The molecule has 0 saturated carbocycles. The van der Waals surface area contributed by atoms with Crippen LogP contribution < -0.4 is 0 Å². The Morgan fingerprint density at radius 2 is 2.35 bits per heavy atom. The van der Waals surface area contributed by atoms with Gasteiger partial charge in [0, 0.05) is 25.0 Å². The summed E-state index contributed by atoms with van der Waals surface area (Å²) < 4.78 is 0. The fourth-order valence-corrected chi connectivity index (χ4v) is 1.62. The van der Waals surface area contributed by atoms with E-state index in [1.807, 2.05) is 32.2 Å². The summed E-state index contributed by atoms with van der Waals surface area (Å²) in [5, 5.41) is 13.8. The molecule has 1 heterocycles. The molecule has 0 bridgehead atoms. The smallest absolute Gasteiger partial charge is 0.0994 e. The van der Waals surface area contributed by atoms with Gasteiger partial charge >= 0.3 is 0 Å². The van der Waals surface area contributed by atoms with Crippen LogP contribution in [0.5, 0.6) is 0 Å². The van der Waals surface area contributed by atoms with Crippen LogP contribution in [0.4, 0.5) is 0 Å². The molecule has 1 unspecified atom stereocenters. The summed E-state index contributed by atoms with van der Waals surface area (Å²) in [6.07, 6.45) is 8.95. The summed E-state index contributed by atoms with van der Waals surface area (Å²) in [5.41, 5.74) is 2.17. The van der Waals surface area contributed by atoms with Crippen LogP contribution >= 0.6 is 0 Å². The SMILES string of the molecule is C=C1C(=N)C=NN(/C=C\C)C1/C(C)=C/C=N\C. The minimum Gasteiger partial charge on any atom is -0.299 e. The molecule has 1 aliphatic rings. The van der Waals surface area contributed by atoms with Crippen molar-refractivity contribution in [2.24, 2.45) is 10.1 Å². The number of rotatable bonds is 3. The zero-order valence-electron chi connectivity index (χ0n) is 10.5. The van der Waals surface area contributed by atoms with E-state index < -0.39 is 0 Å². The van der Waals surface area contributed by atoms with Crippen LogP contribution in [0, 0.1) is 5.41 Å². The summed E-state index contributed by atoms with van der Waals surface area (Å²) >= 11 is 0. The van der Waals surface area contributed by atoms with Gasteiger partial charge in [0.2, 0.25) is 0 Å². The Morgan fingerprint density at radius 3 is 2.94 bits per heavy atom. The predicted octanol–water partition coefficient (Wildman–Crippen LogP) is 2.41. The zero-order valence-corrected chi connectivity index (χ0v) is 10.5. The van der Waals surface area contributed by atoms with E-state index in [-0.39, 0.29) is 6.04 Å². The van der Waals surface area contributed by atoms with E-state index in [2.05, 4.69) is 16.7 Å². The lowest BCUT2D eigenvalue weighted by atomic mass is 9.96. The summed E-state index contributed by atoms with van der Waals surface area (Å²) in [4.78, 5) is 3.93. The van der Waals surface area contributed by atoms with Crippen LogP contribution in [-0.2, 0) is 0 Å². The Morgan fingerprint density at radius 1 is 1.65 bits per heavy atom. The second-order valence-corrected chi connectivity index (χ2v) is 3.77. The van der Waals surface area contributed by atoms with E-state index in [0.29, 0.717) is 5.71 Å². The van der Waals surface area contributed by atoms with Gasteiger partial charge in [0.25, 0.3) is 0 Å². The lowest BCUT2D eigenvalue weighted by Crippen LogP contribution is -2.36. The molecule has 0 aromatic carbocycles. The van der Waals surface area contributed by atoms with Gasteiger partial charge in [-0.15, -0.1) is 0 Å². The maximum Gasteiger partial charge on any atom is 0.0994 e. The summed E-state index contributed by atoms with van der Waals surface area (Å²) in [6.45, 7) is 7.88. The van der Waals surface area contributed by atoms with Crippen molar-refractivity contribution in [3.8, 4) is 0 Å². The fourth-order valence-electron chi connectivity index (χ4n) is 1.62. The molecule has 0 spiro atoms.